The van der Waals surface area contributed by atoms with Gasteiger partial charge in [0.15, 0.2) is 0 Å². The van der Waals surface area contributed by atoms with Crippen molar-refractivity contribution in [3.05, 3.63) is 63.6 Å². The lowest BCUT2D eigenvalue weighted by molar-refractivity contribution is 0.0549. The second kappa shape index (κ2) is 5.23. The Bertz CT molecular complexity index is 617. The van der Waals surface area contributed by atoms with Crippen molar-refractivity contribution >= 4 is 15.9 Å². The van der Waals surface area contributed by atoms with E-state index in [1.807, 2.05) is 43.3 Å². The molecule has 1 unspecified atom stereocenters. The molecule has 1 atom stereocenters. The fourth-order valence-corrected chi connectivity index (χ4v) is 3.00. The summed E-state index contributed by atoms with van der Waals surface area (Å²) in [6.07, 6.45) is 1.50. The summed E-state index contributed by atoms with van der Waals surface area (Å²) >= 11 is 3.43. The Balaban J connectivity index is 1.92. The third kappa shape index (κ3) is 2.60. The molecule has 0 fully saturated rings. The van der Waals surface area contributed by atoms with E-state index < -0.39 is 5.60 Å². The summed E-state index contributed by atoms with van der Waals surface area (Å²) in [6.45, 7) is 2.56. The van der Waals surface area contributed by atoms with E-state index in [1.54, 1.807) is 0 Å². The second-order valence-electron chi connectivity index (χ2n) is 5.47. The van der Waals surface area contributed by atoms with Crippen molar-refractivity contribution in [2.45, 2.75) is 25.4 Å². The molecule has 1 aliphatic rings. The van der Waals surface area contributed by atoms with Crippen molar-refractivity contribution in [2.24, 2.45) is 0 Å². The van der Waals surface area contributed by atoms with Gasteiger partial charge in [0.2, 0.25) is 0 Å². The number of hydrogen-bond donors (Lipinski definition) is 1. The summed E-state index contributed by atoms with van der Waals surface area (Å²) in [5.74, 6) is 0.870. The van der Waals surface area contributed by atoms with Gasteiger partial charge >= 0.3 is 0 Å². The Morgan fingerprint density at radius 3 is 2.70 bits per heavy atom. The van der Waals surface area contributed by atoms with Gasteiger partial charge in [-0.15, -0.1) is 0 Å². The number of halogens is 1. The van der Waals surface area contributed by atoms with Crippen LogP contribution in [0.4, 0.5) is 0 Å². The van der Waals surface area contributed by atoms with Crippen molar-refractivity contribution in [1.82, 2.24) is 0 Å². The molecule has 0 aliphatic carbocycles. The van der Waals surface area contributed by atoms with E-state index in [4.69, 9.17) is 4.74 Å². The summed E-state index contributed by atoms with van der Waals surface area (Å²) in [4.78, 5) is 0. The number of hydrogen-bond acceptors (Lipinski definition) is 2. The highest BCUT2D eigenvalue weighted by molar-refractivity contribution is 9.10. The lowest BCUT2D eigenvalue weighted by Crippen LogP contribution is -2.25. The number of ether oxygens (including phenoxy) is 1. The first-order chi connectivity index (χ1) is 9.56. The van der Waals surface area contributed by atoms with E-state index in [-0.39, 0.29) is 0 Å². The number of para-hydroxylation sites is 1. The van der Waals surface area contributed by atoms with Crippen molar-refractivity contribution in [3.63, 3.8) is 0 Å². The van der Waals surface area contributed by atoms with Gasteiger partial charge in [-0.3, -0.25) is 0 Å². The fourth-order valence-electron chi connectivity index (χ4n) is 2.73. The molecule has 1 aliphatic heterocycles. The van der Waals surface area contributed by atoms with Crippen LogP contribution in [0.3, 0.4) is 0 Å². The summed E-state index contributed by atoms with van der Waals surface area (Å²) < 4.78 is 6.75. The third-order valence-electron chi connectivity index (χ3n) is 3.76. The molecule has 3 rings (SSSR count). The minimum atomic E-state index is -0.927. The summed E-state index contributed by atoms with van der Waals surface area (Å²) in [6, 6.07) is 14.1. The average Bonchev–Trinajstić information content (AvgIpc) is 2.89. The minimum Gasteiger partial charge on any atom is -0.493 e. The highest BCUT2D eigenvalue weighted by atomic mass is 79.9. The van der Waals surface area contributed by atoms with Crippen LogP contribution in [-0.4, -0.2) is 11.7 Å². The molecule has 0 bridgehead atoms. The Hall–Kier alpha value is -1.32. The molecule has 1 N–H and O–H groups in total. The van der Waals surface area contributed by atoms with E-state index in [1.165, 1.54) is 5.56 Å². The van der Waals surface area contributed by atoms with E-state index >= 15 is 0 Å². The number of benzene rings is 2. The van der Waals surface area contributed by atoms with Crippen molar-refractivity contribution in [3.8, 4) is 5.75 Å². The number of rotatable bonds is 3. The Kier molecular flexibility index (Phi) is 3.57. The first kappa shape index (κ1) is 13.7. The van der Waals surface area contributed by atoms with Crippen LogP contribution >= 0.6 is 15.9 Å². The van der Waals surface area contributed by atoms with Crippen LogP contribution < -0.4 is 4.74 Å². The van der Waals surface area contributed by atoms with Gasteiger partial charge in [-0.1, -0.05) is 46.3 Å². The monoisotopic (exact) mass is 332 g/mol. The van der Waals surface area contributed by atoms with Crippen LogP contribution in [0.2, 0.25) is 0 Å². The fraction of sp³-hybridized carbons (Fsp3) is 0.294. The van der Waals surface area contributed by atoms with Crippen LogP contribution in [0.1, 0.15) is 23.6 Å². The van der Waals surface area contributed by atoms with E-state index in [0.717, 1.165) is 27.8 Å². The molecule has 0 aromatic heterocycles. The average molecular weight is 333 g/mol. The van der Waals surface area contributed by atoms with Crippen LogP contribution in [0.25, 0.3) is 0 Å². The number of aliphatic hydroxyl groups is 1. The molecule has 0 radical (unpaired) electrons. The molecule has 2 aromatic carbocycles. The highest BCUT2D eigenvalue weighted by Gasteiger charge is 2.30. The predicted octanol–water partition coefficient (Wildman–Crippen LogP) is 3.83. The maximum atomic E-state index is 10.9. The molecule has 0 saturated carbocycles. The Labute approximate surface area is 127 Å². The Morgan fingerprint density at radius 1 is 1.20 bits per heavy atom. The minimum absolute atomic E-state index is 0.570. The SMILES string of the molecule is CC(O)(Cc1ccc(Br)cc1)c1cccc2c1OCC2. The molecule has 0 spiro atoms. The van der Waals surface area contributed by atoms with Crippen molar-refractivity contribution < 1.29 is 9.84 Å². The zero-order valence-corrected chi connectivity index (χ0v) is 13.0. The van der Waals surface area contributed by atoms with Gasteiger partial charge in [0.1, 0.15) is 5.75 Å². The molecule has 2 aromatic rings. The molecule has 1 heterocycles. The second-order valence-corrected chi connectivity index (χ2v) is 6.39. The predicted molar refractivity (Wildman–Crippen MR) is 83.1 cm³/mol. The maximum Gasteiger partial charge on any atom is 0.128 e. The summed E-state index contributed by atoms with van der Waals surface area (Å²) in [5.41, 5.74) is 2.26. The van der Waals surface area contributed by atoms with Crippen molar-refractivity contribution in [1.29, 1.82) is 0 Å². The number of fused-ring (bicyclic) bond motifs is 1. The van der Waals surface area contributed by atoms with Gasteiger partial charge in [-0.25, -0.2) is 0 Å². The highest BCUT2D eigenvalue weighted by Crippen LogP contribution is 2.38. The first-order valence-electron chi connectivity index (χ1n) is 6.78. The standard InChI is InChI=1S/C17H17BrO2/c1-17(19,11-12-5-7-14(18)8-6-12)15-4-2-3-13-9-10-20-16(13)15/h2-8,19H,9-11H2,1H3. The largest absolute Gasteiger partial charge is 0.493 e. The van der Waals surface area contributed by atoms with Gasteiger partial charge in [0.25, 0.3) is 0 Å². The van der Waals surface area contributed by atoms with Crippen LogP contribution in [-0.2, 0) is 18.4 Å². The lowest BCUT2D eigenvalue weighted by Gasteiger charge is -2.26. The first-order valence-corrected chi connectivity index (χ1v) is 7.57. The molecule has 3 heteroatoms. The van der Waals surface area contributed by atoms with Gasteiger partial charge in [-0.2, -0.15) is 0 Å². The van der Waals surface area contributed by atoms with Gasteiger partial charge < -0.3 is 9.84 Å². The zero-order valence-electron chi connectivity index (χ0n) is 11.4. The maximum absolute atomic E-state index is 10.9. The van der Waals surface area contributed by atoms with Crippen LogP contribution in [0, 0.1) is 0 Å². The quantitative estimate of drug-likeness (QED) is 0.925. The molecule has 0 amide bonds. The molecule has 104 valence electrons. The Morgan fingerprint density at radius 2 is 1.95 bits per heavy atom. The van der Waals surface area contributed by atoms with E-state index in [2.05, 4.69) is 22.0 Å². The van der Waals surface area contributed by atoms with Crippen LogP contribution in [0.15, 0.2) is 46.9 Å². The lowest BCUT2D eigenvalue weighted by atomic mass is 9.87. The van der Waals surface area contributed by atoms with Gasteiger partial charge in [0, 0.05) is 22.9 Å². The summed E-state index contributed by atoms with van der Waals surface area (Å²) in [5, 5.41) is 10.9. The topological polar surface area (TPSA) is 29.5 Å². The van der Waals surface area contributed by atoms with Gasteiger partial charge in [0.05, 0.1) is 12.2 Å². The normalized spacial score (nSPS) is 16.4. The third-order valence-corrected chi connectivity index (χ3v) is 4.28. The molecular formula is C17H17BrO2. The zero-order chi connectivity index (χ0) is 14.2. The molecule has 0 saturated heterocycles. The van der Waals surface area contributed by atoms with Crippen molar-refractivity contribution in [2.75, 3.05) is 6.61 Å². The molecular weight excluding hydrogens is 316 g/mol. The van der Waals surface area contributed by atoms with Crippen LogP contribution in [0.5, 0.6) is 5.75 Å². The van der Waals surface area contributed by atoms with Gasteiger partial charge in [-0.05, 0) is 30.2 Å². The molecule has 20 heavy (non-hydrogen) atoms. The summed E-state index contributed by atoms with van der Waals surface area (Å²) in [7, 11) is 0. The van der Waals surface area contributed by atoms with E-state index in [9.17, 15) is 5.11 Å². The molecule has 2 nitrogen and oxygen atoms in total. The van der Waals surface area contributed by atoms with E-state index in [0.29, 0.717) is 13.0 Å². The smallest absolute Gasteiger partial charge is 0.128 e.